The predicted molar refractivity (Wildman–Crippen MR) is 78.5 cm³/mol. The van der Waals surface area contributed by atoms with E-state index in [0.717, 1.165) is 5.56 Å². The zero-order valence-corrected chi connectivity index (χ0v) is 11.2. The zero-order valence-electron chi connectivity index (χ0n) is 11.2. The molecular weight excluding hydrogens is 268 g/mol. The molecule has 3 rings (SSSR count). The number of imidazole rings is 1. The Hall–Kier alpha value is -2.95. The normalized spacial score (nSPS) is 10.7. The minimum absolute atomic E-state index is 0.269. The van der Waals surface area contributed by atoms with Crippen LogP contribution < -0.4 is 5.69 Å². The van der Waals surface area contributed by atoms with Gasteiger partial charge in [0.2, 0.25) is 0 Å². The lowest BCUT2D eigenvalue weighted by molar-refractivity contribution is 0.145. The smallest absolute Gasteiger partial charge is 0.365 e. The Morgan fingerprint density at radius 1 is 0.905 bits per heavy atom. The van der Waals surface area contributed by atoms with Crippen LogP contribution in [0, 0.1) is 0 Å². The van der Waals surface area contributed by atoms with Gasteiger partial charge in [0.1, 0.15) is 5.69 Å². The topological polar surface area (TPSA) is 67.4 Å². The van der Waals surface area contributed by atoms with Crippen LogP contribution in [0.1, 0.15) is 5.56 Å². The maximum Gasteiger partial charge on any atom is 0.365 e. The Morgan fingerprint density at radius 2 is 1.48 bits per heavy atom. The lowest BCUT2D eigenvalue weighted by atomic mass is 10.1. The molecular formula is C16H14N2O3. The van der Waals surface area contributed by atoms with Crippen LogP contribution in [0.4, 0.5) is 0 Å². The highest BCUT2D eigenvalue weighted by Crippen LogP contribution is 2.28. The lowest BCUT2D eigenvalue weighted by Gasteiger charge is -2.07. The molecule has 106 valence electrons. The third-order valence-corrected chi connectivity index (χ3v) is 3.33. The van der Waals surface area contributed by atoms with E-state index in [1.165, 1.54) is 4.57 Å². The fraction of sp³-hybridized carbons (Fsp3) is 0.0625. The van der Waals surface area contributed by atoms with Gasteiger partial charge in [0.05, 0.1) is 6.54 Å². The summed E-state index contributed by atoms with van der Waals surface area (Å²) in [5, 5.41) is 19.7. The summed E-state index contributed by atoms with van der Waals surface area (Å²) >= 11 is 0. The molecule has 0 unspecified atom stereocenters. The Morgan fingerprint density at radius 3 is 2.10 bits per heavy atom. The van der Waals surface area contributed by atoms with Gasteiger partial charge in [-0.05, 0) is 5.56 Å². The Kier molecular flexibility index (Phi) is 3.23. The molecule has 5 heteroatoms. The van der Waals surface area contributed by atoms with E-state index in [9.17, 15) is 15.1 Å². The van der Waals surface area contributed by atoms with E-state index < -0.39 is 11.6 Å². The van der Waals surface area contributed by atoms with Gasteiger partial charge < -0.3 is 10.3 Å². The van der Waals surface area contributed by atoms with Gasteiger partial charge in [-0.25, -0.2) is 4.79 Å². The number of benzene rings is 2. The van der Waals surface area contributed by atoms with Gasteiger partial charge >= 0.3 is 5.69 Å². The highest BCUT2D eigenvalue weighted by atomic mass is 16.5. The molecule has 0 saturated heterocycles. The fourth-order valence-corrected chi connectivity index (χ4v) is 2.32. The van der Waals surface area contributed by atoms with Crippen molar-refractivity contribution in [1.29, 1.82) is 0 Å². The van der Waals surface area contributed by atoms with Crippen LogP contribution in [0.3, 0.4) is 0 Å². The van der Waals surface area contributed by atoms with Gasteiger partial charge in [-0.15, -0.1) is 0 Å². The van der Waals surface area contributed by atoms with Crippen LogP contribution in [-0.2, 0) is 6.54 Å². The Balaban J connectivity index is 2.16. The van der Waals surface area contributed by atoms with E-state index in [4.69, 9.17) is 0 Å². The van der Waals surface area contributed by atoms with Crippen molar-refractivity contribution in [2.75, 3.05) is 0 Å². The third kappa shape index (κ3) is 2.29. The highest BCUT2D eigenvalue weighted by molar-refractivity contribution is 5.65. The number of rotatable bonds is 3. The first-order valence-corrected chi connectivity index (χ1v) is 6.51. The first-order valence-electron chi connectivity index (χ1n) is 6.51. The summed E-state index contributed by atoms with van der Waals surface area (Å²) < 4.78 is 1.62. The zero-order chi connectivity index (χ0) is 14.8. The molecule has 0 bridgehead atoms. The van der Waals surface area contributed by atoms with Crippen molar-refractivity contribution in [3.05, 3.63) is 76.7 Å². The van der Waals surface area contributed by atoms with E-state index in [1.54, 1.807) is 24.3 Å². The van der Waals surface area contributed by atoms with Crippen molar-refractivity contribution in [3.8, 4) is 17.1 Å². The molecule has 0 amide bonds. The molecule has 1 aromatic heterocycles. The van der Waals surface area contributed by atoms with E-state index >= 15 is 0 Å². The summed E-state index contributed by atoms with van der Waals surface area (Å²) in [7, 11) is 0. The summed E-state index contributed by atoms with van der Waals surface area (Å²) in [4.78, 5) is 12.1. The molecule has 0 fully saturated rings. The van der Waals surface area contributed by atoms with Crippen LogP contribution >= 0.6 is 0 Å². The molecule has 0 aliphatic carbocycles. The molecule has 2 aromatic carbocycles. The van der Waals surface area contributed by atoms with Gasteiger partial charge in [-0.2, -0.15) is 0 Å². The van der Waals surface area contributed by atoms with Crippen molar-refractivity contribution in [1.82, 2.24) is 9.30 Å². The van der Waals surface area contributed by atoms with Crippen LogP contribution in [0.2, 0.25) is 0 Å². The standard InChI is InChI=1S/C16H14N2O3/c19-15-14(13-9-5-2-6-10-13)17(16(20)18(15)21)11-12-7-3-1-4-8-12/h1-10,19,21H,11H2. The van der Waals surface area contributed by atoms with Crippen LogP contribution in [-0.4, -0.2) is 19.6 Å². The number of nitrogens with zero attached hydrogens (tertiary/aromatic N) is 2. The maximum atomic E-state index is 12.1. The van der Waals surface area contributed by atoms with Gasteiger partial charge in [-0.3, -0.25) is 4.57 Å². The van der Waals surface area contributed by atoms with Crippen molar-refractivity contribution in [2.24, 2.45) is 0 Å². The molecule has 0 saturated carbocycles. The van der Waals surface area contributed by atoms with Gasteiger partial charge in [-0.1, -0.05) is 65.4 Å². The van der Waals surface area contributed by atoms with Gasteiger partial charge in [0.15, 0.2) is 0 Å². The number of aromatic nitrogens is 2. The summed E-state index contributed by atoms with van der Waals surface area (Å²) in [6.45, 7) is 0.269. The second kappa shape index (κ2) is 5.20. The average Bonchev–Trinajstić information content (AvgIpc) is 2.74. The minimum atomic E-state index is -0.671. The molecule has 0 spiro atoms. The summed E-state index contributed by atoms with van der Waals surface area (Å²) in [6, 6.07) is 18.4. The van der Waals surface area contributed by atoms with Crippen molar-refractivity contribution < 1.29 is 10.3 Å². The molecule has 0 radical (unpaired) electrons. The summed E-state index contributed by atoms with van der Waals surface area (Å²) in [6.07, 6.45) is 0. The van der Waals surface area contributed by atoms with Crippen molar-refractivity contribution in [2.45, 2.75) is 6.54 Å². The first kappa shape index (κ1) is 13.1. The minimum Gasteiger partial charge on any atom is -0.491 e. The quantitative estimate of drug-likeness (QED) is 0.724. The highest BCUT2D eigenvalue weighted by Gasteiger charge is 2.20. The van der Waals surface area contributed by atoms with Crippen molar-refractivity contribution >= 4 is 0 Å². The molecule has 2 N–H and O–H groups in total. The van der Waals surface area contributed by atoms with Gasteiger partial charge in [0.25, 0.3) is 5.88 Å². The summed E-state index contributed by atoms with van der Waals surface area (Å²) in [5.74, 6) is -0.456. The molecule has 21 heavy (non-hydrogen) atoms. The largest absolute Gasteiger partial charge is 0.491 e. The number of aromatic hydroxyl groups is 1. The molecule has 1 heterocycles. The molecule has 3 aromatic rings. The molecule has 0 aliphatic heterocycles. The first-order chi connectivity index (χ1) is 10.2. The van der Waals surface area contributed by atoms with E-state index in [0.29, 0.717) is 11.3 Å². The lowest BCUT2D eigenvalue weighted by Crippen LogP contribution is -2.23. The van der Waals surface area contributed by atoms with Crippen LogP contribution in [0.5, 0.6) is 5.88 Å². The van der Waals surface area contributed by atoms with E-state index in [-0.39, 0.29) is 11.3 Å². The number of hydrogen-bond acceptors (Lipinski definition) is 3. The summed E-state index contributed by atoms with van der Waals surface area (Å²) in [5.41, 5.74) is 1.19. The SMILES string of the molecule is O=c1n(O)c(O)c(-c2ccccc2)n1Cc1ccccc1. The monoisotopic (exact) mass is 282 g/mol. The van der Waals surface area contributed by atoms with E-state index in [1.807, 2.05) is 36.4 Å². The maximum absolute atomic E-state index is 12.1. The average molecular weight is 282 g/mol. The molecule has 0 aliphatic rings. The van der Waals surface area contributed by atoms with Crippen molar-refractivity contribution in [3.63, 3.8) is 0 Å². The Labute approximate surface area is 120 Å². The third-order valence-electron chi connectivity index (χ3n) is 3.33. The predicted octanol–water partition coefficient (Wildman–Crippen LogP) is 2.31. The van der Waals surface area contributed by atoms with Crippen LogP contribution in [0.25, 0.3) is 11.3 Å². The molecule has 5 nitrogen and oxygen atoms in total. The second-order valence-electron chi connectivity index (χ2n) is 4.70. The van der Waals surface area contributed by atoms with E-state index in [2.05, 4.69) is 0 Å². The Bertz CT molecular complexity index is 805. The molecule has 0 atom stereocenters. The number of hydrogen-bond donors (Lipinski definition) is 2. The fourth-order valence-electron chi connectivity index (χ4n) is 2.32. The van der Waals surface area contributed by atoms with Gasteiger partial charge in [0, 0.05) is 5.56 Å². The van der Waals surface area contributed by atoms with Crippen LogP contribution in [0.15, 0.2) is 65.5 Å². The second-order valence-corrected chi connectivity index (χ2v) is 4.70.